The van der Waals surface area contributed by atoms with Crippen LogP contribution in [0.4, 0.5) is 4.39 Å². The number of aromatic nitrogens is 1. The molecule has 0 unspecified atom stereocenters. The van der Waals surface area contributed by atoms with Crippen molar-refractivity contribution in [3.63, 3.8) is 0 Å². The summed E-state index contributed by atoms with van der Waals surface area (Å²) in [5, 5.41) is 0. The van der Waals surface area contributed by atoms with E-state index < -0.39 is 15.8 Å². The molecule has 1 aliphatic heterocycles. The lowest BCUT2D eigenvalue weighted by atomic mass is 9.99. The maximum atomic E-state index is 13.3. The van der Waals surface area contributed by atoms with Crippen molar-refractivity contribution in [3.8, 4) is 0 Å². The fraction of sp³-hybridized carbons (Fsp3) is 0.312. The summed E-state index contributed by atoms with van der Waals surface area (Å²) in [6.45, 7) is 1.04. The molecule has 2 aromatic rings. The summed E-state index contributed by atoms with van der Waals surface area (Å²) in [7, 11) is -2.10. The van der Waals surface area contributed by atoms with Crippen LogP contribution in [0, 0.1) is 5.82 Å². The van der Waals surface area contributed by atoms with Gasteiger partial charge in [0.05, 0.1) is 11.5 Å². The molecule has 0 N–H and O–H groups in total. The number of halogens is 1. The molecule has 122 valence electrons. The quantitative estimate of drug-likeness (QED) is 0.858. The van der Waals surface area contributed by atoms with Crippen LogP contribution >= 0.6 is 0 Å². The average molecular weight is 336 g/mol. The molecule has 5 nitrogen and oxygen atoms in total. The van der Waals surface area contributed by atoms with E-state index in [0.29, 0.717) is 19.6 Å². The molecule has 2 heterocycles. The topological polar surface area (TPSA) is 59.5 Å². The number of methoxy groups -OCH3 is 1. The van der Waals surface area contributed by atoms with E-state index in [1.807, 2.05) is 0 Å². The van der Waals surface area contributed by atoms with Crippen LogP contribution in [-0.4, -0.2) is 31.4 Å². The summed E-state index contributed by atoms with van der Waals surface area (Å²) in [6, 6.07) is 5.09. The number of benzene rings is 1. The van der Waals surface area contributed by atoms with Gasteiger partial charge in [0, 0.05) is 32.6 Å². The summed E-state index contributed by atoms with van der Waals surface area (Å²) in [6.07, 6.45) is 4.02. The van der Waals surface area contributed by atoms with E-state index in [-0.39, 0.29) is 11.4 Å². The van der Waals surface area contributed by atoms with Crippen molar-refractivity contribution >= 4 is 10.0 Å². The van der Waals surface area contributed by atoms with Gasteiger partial charge in [0.15, 0.2) is 0 Å². The minimum atomic E-state index is -3.72. The molecular weight excluding hydrogens is 319 g/mol. The first kappa shape index (κ1) is 16.0. The molecule has 7 heteroatoms. The van der Waals surface area contributed by atoms with Crippen molar-refractivity contribution in [1.29, 1.82) is 0 Å². The summed E-state index contributed by atoms with van der Waals surface area (Å²) >= 11 is 0. The molecule has 3 rings (SSSR count). The largest absolute Gasteiger partial charge is 0.380 e. The van der Waals surface area contributed by atoms with Gasteiger partial charge in [-0.3, -0.25) is 4.98 Å². The Hall–Kier alpha value is -1.83. The Morgan fingerprint density at radius 3 is 2.91 bits per heavy atom. The van der Waals surface area contributed by atoms with Crippen LogP contribution < -0.4 is 0 Å². The van der Waals surface area contributed by atoms with E-state index in [4.69, 9.17) is 4.74 Å². The molecular formula is C16H17FN2O3S. The highest BCUT2D eigenvalue weighted by molar-refractivity contribution is 7.89. The molecule has 0 saturated heterocycles. The van der Waals surface area contributed by atoms with Gasteiger partial charge in [-0.05, 0) is 41.3 Å². The van der Waals surface area contributed by atoms with Crippen molar-refractivity contribution in [2.75, 3.05) is 13.7 Å². The third-order valence-electron chi connectivity index (χ3n) is 3.93. The Balaban J connectivity index is 1.91. The summed E-state index contributed by atoms with van der Waals surface area (Å²) < 4.78 is 45.2. The van der Waals surface area contributed by atoms with Gasteiger partial charge >= 0.3 is 0 Å². The fourth-order valence-corrected chi connectivity index (χ4v) is 4.25. The van der Waals surface area contributed by atoms with Crippen LogP contribution in [0.15, 0.2) is 41.6 Å². The normalized spacial score (nSPS) is 15.4. The number of pyridine rings is 1. The van der Waals surface area contributed by atoms with Gasteiger partial charge in [0.2, 0.25) is 10.0 Å². The van der Waals surface area contributed by atoms with Gasteiger partial charge in [0.1, 0.15) is 5.82 Å². The van der Waals surface area contributed by atoms with Crippen molar-refractivity contribution in [1.82, 2.24) is 9.29 Å². The second-order valence-electron chi connectivity index (χ2n) is 5.42. The molecule has 0 saturated carbocycles. The van der Waals surface area contributed by atoms with Crippen LogP contribution in [0.1, 0.15) is 16.7 Å². The standard InChI is InChI=1S/C16H17FN2O3S/c1-22-11-13-9-18-8-12-10-19(6-5-16(12)13)23(20,21)15-4-2-3-14(17)7-15/h2-4,7-9H,5-6,10-11H2,1H3. The van der Waals surface area contributed by atoms with Gasteiger partial charge in [-0.15, -0.1) is 0 Å². The Bertz CT molecular complexity index is 824. The molecule has 0 radical (unpaired) electrons. The van der Waals surface area contributed by atoms with E-state index in [1.54, 1.807) is 19.5 Å². The first-order valence-corrected chi connectivity index (χ1v) is 8.65. The SMILES string of the molecule is COCc1cncc2c1CCN(S(=O)(=O)c1cccc(F)c1)C2. The zero-order valence-electron chi connectivity index (χ0n) is 12.7. The zero-order chi connectivity index (χ0) is 16.4. The second kappa shape index (κ2) is 6.35. The van der Waals surface area contributed by atoms with Crippen LogP contribution in [0.25, 0.3) is 0 Å². The number of fused-ring (bicyclic) bond motifs is 1. The monoisotopic (exact) mass is 336 g/mol. The van der Waals surface area contributed by atoms with Crippen molar-refractivity contribution in [3.05, 3.63) is 59.2 Å². The molecule has 1 aromatic carbocycles. The highest BCUT2D eigenvalue weighted by atomic mass is 32.2. The maximum Gasteiger partial charge on any atom is 0.243 e. The van der Waals surface area contributed by atoms with Gasteiger partial charge in [0.25, 0.3) is 0 Å². The highest BCUT2D eigenvalue weighted by Gasteiger charge is 2.29. The van der Waals surface area contributed by atoms with Crippen molar-refractivity contribution in [2.24, 2.45) is 0 Å². The van der Waals surface area contributed by atoms with Gasteiger partial charge < -0.3 is 4.74 Å². The predicted octanol–water partition coefficient (Wildman–Crippen LogP) is 2.11. The number of sulfonamides is 1. The van der Waals surface area contributed by atoms with E-state index >= 15 is 0 Å². The molecule has 1 aromatic heterocycles. The smallest absolute Gasteiger partial charge is 0.243 e. The Morgan fingerprint density at radius 2 is 2.17 bits per heavy atom. The second-order valence-corrected chi connectivity index (χ2v) is 7.35. The van der Waals surface area contributed by atoms with Crippen LogP contribution in [0.2, 0.25) is 0 Å². The molecule has 0 spiro atoms. The van der Waals surface area contributed by atoms with Crippen molar-refractivity contribution < 1.29 is 17.5 Å². The minimum Gasteiger partial charge on any atom is -0.380 e. The zero-order valence-corrected chi connectivity index (χ0v) is 13.5. The molecule has 0 bridgehead atoms. The number of hydrogen-bond donors (Lipinski definition) is 0. The summed E-state index contributed by atoms with van der Waals surface area (Å²) in [5.74, 6) is -0.562. The lowest BCUT2D eigenvalue weighted by molar-refractivity contribution is 0.183. The third kappa shape index (κ3) is 3.12. The molecule has 0 fully saturated rings. The van der Waals surface area contributed by atoms with Gasteiger partial charge in [-0.1, -0.05) is 6.07 Å². The number of hydrogen-bond acceptors (Lipinski definition) is 4. The lowest BCUT2D eigenvalue weighted by Gasteiger charge is -2.29. The Morgan fingerprint density at radius 1 is 1.35 bits per heavy atom. The minimum absolute atomic E-state index is 0.0260. The first-order valence-electron chi connectivity index (χ1n) is 7.21. The molecule has 0 atom stereocenters. The van der Waals surface area contributed by atoms with Gasteiger partial charge in [-0.25, -0.2) is 12.8 Å². The van der Waals surface area contributed by atoms with Crippen LogP contribution in [-0.2, 0) is 34.3 Å². The molecule has 0 aliphatic carbocycles. The number of nitrogens with zero attached hydrogens (tertiary/aromatic N) is 2. The van der Waals surface area contributed by atoms with E-state index in [9.17, 15) is 12.8 Å². The van der Waals surface area contributed by atoms with Crippen molar-refractivity contribution in [2.45, 2.75) is 24.5 Å². The third-order valence-corrected chi connectivity index (χ3v) is 5.77. The summed E-state index contributed by atoms with van der Waals surface area (Å²) in [5.41, 5.74) is 2.94. The van der Waals surface area contributed by atoms with Crippen LogP contribution in [0.5, 0.6) is 0 Å². The molecule has 1 aliphatic rings. The van der Waals surface area contributed by atoms with Crippen LogP contribution in [0.3, 0.4) is 0 Å². The maximum absolute atomic E-state index is 13.3. The fourth-order valence-electron chi connectivity index (χ4n) is 2.80. The summed E-state index contributed by atoms with van der Waals surface area (Å²) in [4.78, 5) is 4.13. The molecule has 0 amide bonds. The lowest BCUT2D eigenvalue weighted by Crippen LogP contribution is -2.36. The van der Waals surface area contributed by atoms with E-state index in [0.717, 1.165) is 22.8 Å². The van der Waals surface area contributed by atoms with E-state index in [2.05, 4.69) is 4.98 Å². The predicted molar refractivity (Wildman–Crippen MR) is 82.6 cm³/mol. The van der Waals surface area contributed by atoms with E-state index in [1.165, 1.54) is 22.5 Å². The number of ether oxygens (including phenoxy) is 1. The average Bonchev–Trinajstić information content (AvgIpc) is 2.55. The Kier molecular flexibility index (Phi) is 4.43. The van der Waals surface area contributed by atoms with Gasteiger partial charge in [-0.2, -0.15) is 4.31 Å². The molecule has 23 heavy (non-hydrogen) atoms. The first-order chi connectivity index (χ1) is 11.0. The highest BCUT2D eigenvalue weighted by Crippen LogP contribution is 2.27. The number of rotatable bonds is 4. The Labute approximate surface area is 134 Å².